The number of nitrogens with one attached hydrogen (secondary N) is 1. The molecular formula is C10H20N2O2. The van der Waals surface area contributed by atoms with Gasteiger partial charge in [0.15, 0.2) is 0 Å². The lowest BCUT2D eigenvalue weighted by molar-refractivity contribution is -0.135. The zero-order chi connectivity index (χ0) is 10.6. The third-order valence-corrected chi connectivity index (χ3v) is 2.84. The minimum absolute atomic E-state index is 0.150. The molecular weight excluding hydrogens is 180 g/mol. The Morgan fingerprint density at radius 2 is 2.29 bits per heavy atom. The van der Waals surface area contributed by atoms with Crippen LogP contribution in [0, 0.1) is 11.8 Å². The van der Waals surface area contributed by atoms with Gasteiger partial charge in [0.1, 0.15) is 0 Å². The number of methoxy groups -OCH3 is 1. The molecule has 0 aromatic heterocycles. The van der Waals surface area contributed by atoms with Crippen LogP contribution in [0.15, 0.2) is 0 Å². The Hall–Kier alpha value is -0.610. The molecule has 0 aliphatic carbocycles. The van der Waals surface area contributed by atoms with Crippen LogP contribution in [-0.2, 0) is 9.53 Å². The van der Waals surface area contributed by atoms with Gasteiger partial charge in [0, 0.05) is 27.2 Å². The predicted molar refractivity (Wildman–Crippen MR) is 55.0 cm³/mol. The van der Waals surface area contributed by atoms with Crippen LogP contribution >= 0.6 is 0 Å². The highest BCUT2D eigenvalue weighted by Gasteiger charge is 2.31. The Morgan fingerprint density at radius 1 is 1.57 bits per heavy atom. The second kappa shape index (κ2) is 5.32. The molecule has 2 atom stereocenters. The lowest BCUT2D eigenvalue weighted by atomic mass is 9.97. The van der Waals surface area contributed by atoms with Crippen molar-refractivity contribution in [2.24, 2.45) is 11.8 Å². The fraction of sp³-hybridized carbons (Fsp3) is 0.900. The van der Waals surface area contributed by atoms with Crippen LogP contribution in [0.1, 0.15) is 6.92 Å². The van der Waals surface area contributed by atoms with Gasteiger partial charge in [-0.05, 0) is 12.5 Å². The van der Waals surface area contributed by atoms with Crippen molar-refractivity contribution in [3.63, 3.8) is 0 Å². The lowest BCUT2D eigenvalue weighted by Gasteiger charge is -2.22. The molecule has 0 aromatic carbocycles. The van der Waals surface area contributed by atoms with Crippen molar-refractivity contribution in [2.75, 3.05) is 40.4 Å². The van der Waals surface area contributed by atoms with Crippen LogP contribution in [0.25, 0.3) is 0 Å². The van der Waals surface area contributed by atoms with Gasteiger partial charge in [-0.3, -0.25) is 4.79 Å². The normalized spacial score (nSPS) is 26.5. The van der Waals surface area contributed by atoms with Gasteiger partial charge >= 0.3 is 0 Å². The van der Waals surface area contributed by atoms with Crippen molar-refractivity contribution >= 4 is 5.91 Å². The highest BCUT2D eigenvalue weighted by atomic mass is 16.5. The number of nitrogens with zero attached hydrogens (tertiary/aromatic N) is 1. The quantitative estimate of drug-likeness (QED) is 0.691. The minimum Gasteiger partial charge on any atom is -0.383 e. The van der Waals surface area contributed by atoms with E-state index in [0.29, 0.717) is 19.1 Å². The number of amides is 1. The smallest absolute Gasteiger partial charge is 0.227 e. The fourth-order valence-electron chi connectivity index (χ4n) is 1.76. The second-order valence-electron chi connectivity index (χ2n) is 3.99. The first-order chi connectivity index (χ1) is 6.66. The van der Waals surface area contributed by atoms with Gasteiger partial charge in [0.25, 0.3) is 0 Å². The Morgan fingerprint density at radius 3 is 2.79 bits per heavy atom. The standard InChI is InChI=1S/C10H20N2O2/c1-8-6-11-7-9(8)10(13)12(2)4-5-14-3/h8-9,11H,4-7H2,1-3H3/t8-,9-/m1/s1. The zero-order valence-electron chi connectivity index (χ0n) is 9.25. The molecule has 1 fully saturated rings. The molecule has 1 heterocycles. The number of likely N-dealkylation sites (N-methyl/N-ethyl adjacent to an activating group) is 1. The topological polar surface area (TPSA) is 41.6 Å². The molecule has 82 valence electrons. The molecule has 1 saturated heterocycles. The molecule has 4 nitrogen and oxygen atoms in total. The molecule has 1 aliphatic heterocycles. The molecule has 0 unspecified atom stereocenters. The first-order valence-corrected chi connectivity index (χ1v) is 5.11. The zero-order valence-corrected chi connectivity index (χ0v) is 9.25. The molecule has 0 aromatic rings. The SMILES string of the molecule is COCCN(C)C(=O)[C@@H]1CNC[C@H]1C. The number of hydrogen-bond acceptors (Lipinski definition) is 3. The van der Waals surface area contributed by atoms with E-state index in [9.17, 15) is 4.79 Å². The summed E-state index contributed by atoms with van der Waals surface area (Å²) in [5, 5.41) is 3.24. The van der Waals surface area contributed by atoms with Crippen molar-refractivity contribution in [2.45, 2.75) is 6.92 Å². The van der Waals surface area contributed by atoms with E-state index in [2.05, 4.69) is 12.2 Å². The molecule has 0 spiro atoms. The summed E-state index contributed by atoms with van der Waals surface area (Å²) in [5.74, 6) is 0.837. The number of hydrogen-bond donors (Lipinski definition) is 1. The number of carbonyl (C=O) groups excluding carboxylic acids is 1. The maximum Gasteiger partial charge on any atom is 0.227 e. The van der Waals surface area contributed by atoms with E-state index in [0.717, 1.165) is 13.1 Å². The summed E-state index contributed by atoms with van der Waals surface area (Å²) in [6.45, 7) is 5.17. The Labute approximate surface area is 85.6 Å². The van der Waals surface area contributed by atoms with Gasteiger partial charge in [0.05, 0.1) is 12.5 Å². The lowest BCUT2D eigenvalue weighted by Crippen LogP contribution is -2.37. The molecule has 4 heteroatoms. The average Bonchev–Trinajstić information content (AvgIpc) is 2.59. The summed E-state index contributed by atoms with van der Waals surface area (Å²) in [6.07, 6.45) is 0. The highest BCUT2D eigenvalue weighted by Crippen LogP contribution is 2.17. The molecule has 0 saturated carbocycles. The largest absolute Gasteiger partial charge is 0.383 e. The van der Waals surface area contributed by atoms with Crippen molar-refractivity contribution in [1.82, 2.24) is 10.2 Å². The van der Waals surface area contributed by atoms with Gasteiger partial charge in [0.2, 0.25) is 5.91 Å². The maximum absolute atomic E-state index is 11.9. The third kappa shape index (κ3) is 2.69. The second-order valence-corrected chi connectivity index (χ2v) is 3.99. The van der Waals surface area contributed by atoms with E-state index in [4.69, 9.17) is 4.74 Å². The van der Waals surface area contributed by atoms with E-state index >= 15 is 0 Å². The van der Waals surface area contributed by atoms with Crippen LogP contribution < -0.4 is 5.32 Å². The van der Waals surface area contributed by atoms with Crippen molar-refractivity contribution in [3.8, 4) is 0 Å². The van der Waals surface area contributed by atoms with E-state index in [1.807, 2.05) is 7.05 Å². The Bertz CT molecular complexity index is 197. The summed E-state index contributed by atoms with van der Waals surface area (Å²) >= 11 is 0. The number of carbonyl (C=O) groups is 1. The summed E-state index contributed by atoms with van der Waals surface area (Å²) in [5.41, 5.74) is 0. The van der Waals surface area contributed by atoms with Crippen molar-refractivity contribution in [3.05, 3.63) is 0 Å². The molecule has 0 bridgehead atoms. The van der Waals surface area contributed by atoms with Gasteiger partial charge in [-0.15, -0.1) is 0 Å². The third-order valence-electron chi connectivity index (χ3n) is 2.84. The molecule has 14 heavy (non-hydrogen) atoms. The van der Waals surface area contributed by atoms with Crippen LogP contribution in [-0.4, -0.2) is 51.2 Å². The summed E-state index contributed by atoms with van der Waals surface area (Å²) in [7, 11) is 3.49. The summed E-state index contributed by atoms with van der Waals surface area (Å²) in [6, 6.07) is 0. The van der Waals surface area contributed by atoms with Crippen molar-refractivity contribution < 1.29 is 9.53 Å². The fourth-order valence-corrected chi connectivity index (χ4v) is 1.76. The van der Waals surface area contributed by atoms with Crippen LogP contribution in [0.3, 0.4) is 0 Å². The number of ether oxygens (including phenoxy) is 1. The average molecular weight is 200 g/mol. The number of rotatable bonds is 4. The predicted octanol–water partition coefficient (Wildman–Crippen LogP) is -0.0533. The van der Waals surface area contributed by atoms with E-state index in [1.165, 1.54) is 0 Å². The molecule has 1 amide bonds. The van der Waals surface area contributed by atoms with E-state index in [-0.39, 0.29) is 11.8 Å². The molecule has 1 rings (SSSR count). The van der Waals surface area contributed by atoms with Gasteiger partial charge in [-0.2, -0.15) is 0 Å². The minimum atomic E-state index is 0.150. The van der Waals surface area contributed by atoms with Crippen LogP contribution in [0.2, 0.25) is 0 Å². The molecule has 1 aliphatic rings. The molecule has 0 radical (unpaired) electrons. The van der Waals surface area contributed by atoms with E-state index in [1.54, 1.807) is 12.0 Å². The van der Waals surface area contributed by atoms with Gasteiger partial charge in [-0.1, -0.05) is 6.92 Å². The molecule has 1 N–H and O–H groups in total. The Kier molecular flexibility index (Phi) is 4.35. The summed E-state index contributed by atoms with van der Waals surface area (Å²) in [4.78, 5) is 13.7. The van der Waals surface area contributed by atoms with Gasteiger partial charge in [-0.25, -0.2) is 0 Å². The summed E-state index contributed by atoms with van der Waals surface area (Å²) < 4.78 is 4.94. The van der Waals surface area contributed by atoms with E-state index < -0.39 is 0 Å². The highest BCUT2D eigenvalue weighted by molar-refractivity contribution is 5.79. The van der Waals surface area contributed by atoms with Gasteiger partial charge < -0.3 is 15.0 Å². The van der Waals surface area contributed by atoms with Crippen LogP contribution in [0.5, 0.6) is 0 Å². The monoisotopic (exact) mass is 200 g/mol. The maximum atomic E-state index is 11.9. The first-order valence-electron chi connectivity index (χ1n) is 5.11. The Balaban J connectivity index is 2.39. The van der Waals surface area contributed by atoms with Crippen LogP contribution in [0.4, 0.5) is 0 Å². The van der Waals surface area contributed by atoms with Crippen molar-refractivity contribution in [1.29, 1.82) is 0 Å². The first kappa shape index (κ1) is 11.5.